The lowest BCUT2D eigenvalue weighted by molar-refractivity contribution is 0.0996. The van der Waals surface area contributed by atoms with Crippen molar-refractivity contribution in [3.05, 3.63) is 35.9 Å². The van der Waals surface area contributed by atoms with Gasteiger partial charge in [-0.05, 0) is 12.1 Å². The first-order valence-electron chi connectivity index (χ1n) is 4.58. The van der Waals surface area contributed by atoms with Gasteiger partial charge in [-0.1, -0.05) is 5.16 Å². The quantitative estimate of drug-likeness (QED) is 0.264. The van der Waals surface area contributed by atoms with Crippen molar-refractivity contribution in [3.8, 4) is 0 Å². The van der Waals surface area contributed by atoms with E-state index in [9.17, 15) is 4.79 Å². The molecule has 2 heterocycles. The van der Waals surface area contributed by atoms with E-state index < -0.39 is 5.91 Å². The van der Waals surface area contributed by atoms with Crippen LogP contribution in [-0.2, 0) is 0 Å². The molecular weight excluding hydrogens is 226 g/mol. The summed E-state index contributed by atoms with van der Waals surface area (Å²) in [7, 11) is 0. The summed E-state index contributed by atoms with van der Waals surface area (Å²) in [6, 6.07) is 3.10. The number of anilines is 1. The van der Waals surface area contributed by atoms with Crippen molar-refractivity contribution in [2.75, 3.05) is 5.32 Å². The molecule has 5 N–H and O–H groups in total. The Bertz CT molecular complexity index is 543. The zero-order valence-electron chi connectivity index (χ0n) is 8.54. The lowest BCUT2D eigenvalue weighted by atomic mass is 10.3. The Hall–Kier alpha value is -2.77. The second-order valence-electron chi connectivity index (χ2n) is 3.08. The number of aromatic nitrogens is 2. The SMILES string of the molecule is NC(=NO)c1cn[nH]c1NC(=O)c1ccco1. The van der Waals surface area contributed by atoms with E-state index in [0.717, 1.165) is 0 Å². The number of amidine groups is 1. The lowest BCUT2D eigenvalue weighted by Crippen LogP contribution is -2.18. The average molecular weight is 235 g/mol. The lowest BCUT2D eigenvalue weighted by Gasteiger charge is -2.02. The second kappa shape index (κ2) is 4.39. The normalized spacial score (nSPS) is 11.4. The van der Waals surface area contributed by atoms with E-state index in [4.69, 9.17) is 15.4 Å². The molecule has 0 aliphatic rings. The van der Waals surface area contributed by atoms with E-state index in [-0.39, 0.29) is 23.0 Å². The molecule has 2 aromatic heterocycles. The van der Waals surface area contributed by atoms with Crippen LogP contribution in [0.4, 0.5) is 5.82 Å². The van der Waals surface area contributed by atoms with Crippen LogP contribution in [0.2, 0.25) is 0 Å². The highest BCUT2D eigenvalue weighted by atomic mass is 16.4. The number of nitrogens with one attached hydrogen (secondary N) is 2. The van der Waals surface area contributed by atoms with Crippen LogP contribution in [0, 0.1) is 0 Å². The number of H-pyrrole nitrogens is 1. The molecule has 0 fully saturated rings. The number of hydrogen-bond donors (Lipinski definition) is 4. The molecule has 0 aromatic carbocycles. The van der Waals surface area contributed by atoms with Gasteiger partial charge in [-0.25, -0.2) is 0 Å². The third-order valence-electron chi connectivity index (χ3n) is 2.01. The number of hydrogen-bond acceptors (Lipinski definition) is 5. The molecule has 0 bridgehead atoms. The number of rotatable bonds is 3. The van der Waals surface area contributed by atoms with Gasteiger partial charge in [0.05, 0.1) is 18.0 Å². The van der Waals surface area contributed by atoms with Gasteiger partial charge < -0.3 is 20.7 Å². The van der Waals surface area contributed by atoms with Crippen molar-refractivity contribution in [2.45, 2.75) is 0 Å². The van der Waals surface area contributed by atoms with Crippen LogP contribution in [-0.4, -0.2) is 27.1 Å². The average Bonchev–Trinajstić information content (AvgIpc) is 2.98. The van der Waals surface area contributed by atoms with Gasteiger partial charge in [-0.15, -0.1) is 0 Å². The van der Waals surface area contributed by atoms with Crippen molar-refractivity contribution in [3.63, 3.8) is 0 Å². The molecule has 88 valence electrons. The van der Waals surface area contributed by atoms with Crippen molar-refractivity contribution < 1.29 is 14.4 Å². The number of carbonyl (C=O) groups is 1. The molecule has 17 heavy (non-hydrogen) atoms. The minimum atomic E-state index is -0.466. The fourth-order valence-electron chi connectivity index (χ4n) is 1.21. The number of nitrogens with zero attached hydrogens (tertiary/aromatic N) is 2. The zero-order chi connectivity index (χ0) is 12.3. The summed E-state index contributed by atoms with van der Waals surface area (Å²) in [6.45, 7) is 0. The topological polar surface area (TPSA) is 130 Å². The van der Waals surface area contributed by atoms with E-state index >= 15 is 0 Å². The monoisotopic (exact) mass is 235 g/mol. The predicted molar refractivity (Wildman–Crippen MR) is 57.8 cm³/mol. The standard InChI is InChI=1S/C9H9N5O3/c10-7(14-16)5-4-11-13-8(5)12-9(15)6-2-1-3-17-6/h1-4,16H,(H2,10,14)(H2,11,12,13,15). The van der Waals surface area contributed by atoms with Crippen molar-refractivity contribution >= 4 is 17.6 Å². The van der Waals surface area contributed by atoms with Gasteiger partial charge in [0.2, 0.25) is 0 Å². The molecular formula is C9H9N5O3. The first kappa shape index (κ1) is 10.7. The van der Waals surface area contributed by atoms with Gasteiger partial charge in [-0.2, -0.15) is 5.10 Å². The third kappa shape index (κ3) is 2.09. The molecule has 8 heteroatoms. The molecule has 0 spiro atoms. The molecule has 0 aliphatic carbocycles. The van der Waals surface area contributed by atoms with Crippen LogP contribution >= 0.6 is 0 Å². The first-order chi connectivity index (χ1) is 8.22. The summed E-state index contributed by atoms with van der Waals surface area (Å²) in [6.07, 6.45) is 2.71. The summed E-state index contributed by atoms with van der Waals surface area (Å²) in [4.78, 5) is 11.6. The van der Waals surface area contributed by atoms with Crippen LogP contribution in [0.1, 0.15) is 16.1 Å². The van der Waals surface area contributed by atoms with E-state index in [1.54, 1.807) is 6.07 Å². The van der Waals surface area contributed by atoms with Crippen LogP contribution in [0.25, 0.3) is 0 Å². The molecule has 0 aliphatic heterocycles. The summed E-state index contributed by atoms with van der Waals surface area (Å²) < 4.78 is 4.91. The highest BCUT2D eigenvalue weighted by molar-refractivity contribution is 6.07. The Balaban J connectivity index is 2.20. The van der Waals surface area contributed by atoms with Crippen molar-refractivity contribution in [2.24, 2.45) is 10.9 Å². The molecule has 0 atom stereocenters. The molecule has 0 saturated heterocycles. The smallest absolute Gasteiger partial charge is 0.292 e. The fourth-order valence-corrected chi connectivity index (χ4v) is 1.21. The minimum Gasteiger partial charge on any atom is -0.459 e. The largest absolute Gasteiger partial charge is 0.459 e. The van der Waals surface area contributed by atoms with E-state index in [2.05, 4.69) is 20.7 Å². The van der Waals surface area contributed by atoms with Crippen molar-refractivity contribution in [1.29, 1.82) is 0 Å². The Labute approximate surface area is 95.1 Å². The maximum atomic E-state index is 11.6. The van der Waals surface area contributed by atoms with Crippen LogP contribution in [0.3, 0.4) is 0 Å². The Morgan fingerprint density at radius 2 is 2.47 bits per heavy atom. The first-order valence-corrected chi connectivity index (χ1v) is 4.58. The van der Waals surface area contributed by atoms with Gasteiger partial charge in [0.25, 0.3) is 5.91 Å². The van der Waals surface area contributed by atoms with E-state index in [1.165, 1.54) is 18.5 Å². The molecule has 0 saturated carbocycles. The van der Waals surface area contributed by atoms with Gasteiger partial charge in [0, 0.05) is 0 Å². The van der Waals surface area contributed by atoms with Gasteiger partial charge in [-0.3, -0.25) is 9.89 Å². The van der Waals surface area contributed by atoms with Gasteiger partial charge in [0.1, 0.15) is 5.82 Å². The fraction of sp³-hybridized carbons (Fsp3) is 0. The number of carbonyl (C=O) groups excluding carboxylic acids is 1. The molecule has 0 unspecified atom stereocenters. The van der Waals surface area contributed by atoms with E-state index in [0.29, 0.717) is 0 Å². The maximum Gasteiger partial charge on any atom is 0.292 e. The van der Waals surface area contributed by atoms with E-state index in [1.807, 2.05) is 0 Å². The maximum absolute atomic E-state index is 11.6. The van der Waals surface area contributed by atoms with Crippen LogP contribution in [0.5, 0.6) is 0 Å². The molecule has 8 nitrogen and oxygen atoms in total. The number of amides is 1. The van der Waals surface area contributed by atoms with Crippen LogP contribution in [0.15, 0.2) is 34.2 Å². The number of aromatic amines is 1. The highest BCUT2D eigenvalue weighted by Gasteiger charge is 2.14. The summed E-state index contributed by atoms with van der Waals surface area (Å²) in [5, 5.41) is 20.0. The number of oxime groups is 1. The summed E-state index contributed by atoms with van der Waals surface area (Å²) in [5.74, 6) is -0.258. The number of furan rings is 1. The minimum absolute atomic E-state index is 0.144. The van der Waals surface area contributed by atoms with Gasteiger partial charge in [0.15, 0.2) is 11.6 Å². The molecule has 0 radical (unpaired) electrons. The zero-order valence-corrected chi connectivity index (χ0v) is 8.54. The predicted octanol–water partition coefficient (Wildman–Crippen LogP) is 0.349. The Morgan fingerprint density at radius 1 is 1.65 bits per heavy atom. The van der Waals surface area contributed by atoms with Gasteiger partial charge >= 0.3 is 0 Å². The Kier molecular flexibility index (Phi) is 2.77. The highest BCUT2D eigenvalue weighted by Crippen LogP contribution is 2.12. The number of nitrogens with two attached hydrogens (primary N) is 1. The van der Waals surface area contributed by atoms with Crippen LogP contribution < -0.4 is 11.1 Å². The molecule has 2 aromatic rings. The third-order valence-corrected chi connectivity index (χ3v) is 2.01. The summed E-state index contributed by atoms with van der Waals surface area (Å²) in [5.41, 5.74) is 5.68. The van der Waals surface area contributed by atoms with Crippen molar-refractivity contribution in [1.82, 2.24) is 10.2 Å². The molecule has 2 rings (SSSR count). The second-order valence-corrected chi connectivity index (χ2v) is 3.08. The Morgan fingerprint density at radius 3 is 3.12 bits per heavy atom. The molecule has 1 amide bonds. The summed E-state index contributed by atoms with van der Waals surface area (Å²) >= 11 is 0.